The van der Waals surface area contributed by atoms with Gasteiger partial charge in [-0.1, -0.05) is 52.5 Å². The van der Waals surface area contributed by atoms with E-state index in [1.165, 1.54) is 18.2 Å². The van der Waals surface area contributed by atoms with Crippen molar-refractivity contribution in [1.29, 1.82) is 0 Å². The number of hydrogen-bond donors (Lipinski definition) is 1. The molecule has 0 saturated heterocycles. The molecule has 2 nitrogen and oxygen atoms in total. The molecule has 0 bridgehead atoms. The van der Waals surface area contributed by atoms with Crippen molar-refractivity contribution in [2.45, 2.75) is 0 Å². The molecule has 98 valence electrons. The van der Waals surface area contributed by atoms with Gasteiger partial charge in [0, 0.05) is 21.2 Å². The van der Waals surface area contributed by atoms with E-state index < -0.39 is 5.97 Å². The maximum atomic E-state index is 11.3. The summed E-state index contributed by atoms with van der Waals surface area (Å²) in [5, 5.41) is 10.3. The van der Waals surface area contributed by atoms with E-state index in [-0.39, 0.29) is 26.2 Å². The van der Waals surface area contributed by atoms with Gasteiger partial charge >= 0.3 is 5.97 Å². The van der Waals surface area contributed by atoms with Crippen molar-refractivity contribution in [2.75, 3.05) is 0 Å². The summed E-state index contributed by atoms with van der Waals surface area (Å²) in [7, 11) is 0. The van der Waals surface area contributed by atoms with E-state index in [1.54, 1.807) is 12.1 Å². The maximum absolute atomic E-state index is 11.3. The van der Waals surface area contributed by atoms with E-state index in [9.17, 15) is 9.90 Å². The maximum Gasteiger partial charge on any atom is 0.336 e. The van der Waals surface area contributed by atoms with Crippen LogP contribution in [0.15, 0.2) is 30.3 Å². The van der Waals surface area contributed by atoms with E-state index in [0.29, 0.717) is 10.6 Å². The molecule has 19 heavy (non-hydrogen) atoms. The van der Waals surface area contributed by atoms with E-state index >= 15 is 0 Å². The van der Waals surface area contributed by atoms with Crippen LogP contribution in [0.4, 0.5) is 0 Å². The predicted octanol–water partition coefficient (Wildman–Crippen LogP) is 5.67. The van der Waals surface area contributed by atoms with Crippen molar-refractivity contribution < 1.29 is 9.90 Å². The molecule has 0 unspecified atom stereocenters. The molecule has 0 radical (unpaired) electrons. The number of carboxylic acid groups (broad SMARTS) is 1. The molecule has 0 heterocycles. The summed E-state index contributed by atoms with van der Waals surface area (Å²) in [5.74, 6) is -1.11. The van der Waals surface area contributed by atoms with E-state index in [0.717, 1.165) is 0 Å². The Balaban J connectivity index is 2.83. The Hall–Kier alpha value is -0.930. The van der Waals surface area contributed by atoms with Crippen LogP contribution >= 0.6 is 46.4 Å². The molecule has 0 amide bonds. The lowest BCUT2D eigenvalue weighted by atomic mass is 9.99. The Bertz CT molecular complexity index is 645. The predicted molar refractivity (Wildman–Crippen MR) is 78.9 cm³/mol. The van der Waals surface area contributed by atoms with E-state index in [2.05, 4.69) is 0 Å². The fraction of sp³-hybridized carbons (Fsp3) is 0. The van der Waals surface area contributed by atoms with Crippen LogP contribution in [0.5, 0.6) is 0 Å². The molecule has 0 aliphatic heterocycles. The molecule has 2 aromatic carbocycles. The highest BCUT2D eigenvalue weighted by atomic mass is 35.5. The van der Waals surface area contributed by atoms with Gasteiger partial charge in [-0.15, -0.1) is 0 Å². The van der Waals surface area contributed by atoms with Crippen LogP contribution in [0.3, 0.4) is 0 Å². The van der Waals surface area contributed by atoms with E-state index in [4.69, 9.17) is 46.4 Å². The summed E-state index contributed by atoms with van der Waals surface area (Å²) in [6, 6.07) is 7.53. The zero-order chi connectivity index (χ0) is 14.2. The number of halogens is 4. The average molecular weight is 336 g/mol. The highest BCUT2D eigenvalue weighted by Gasteiger charge is 2.20. The van der Waals surface area contributed by atoms with Gasteiger partial charge in [-0.25, -0.2) is 4.79 Å². The Morgan fingerprint density at radius 2 is 1.47 bits per heavy atom. The molecule has 0 aromatic heterocycles. The first-order valence-electron chi connectivity index (χ1n) is 5.08. The monoisotopic (exact) mass is 334 g/mol. The molecule has 0 atom stereocenters. The fourth-order valence-corrected chi connectivity index (χ4v) is 3.01. The SMILES string of the molecule is O=C(O)c1cccc(Cl)c1-c1c(Cl)cc(Cl)cc1Cl. The molecule has 1 N–H and O–H groups in total. The molecule has 0 fully saturated rings. The summed E-state index contributed by atoms with van der Waals surface area (Å²) < 4.78 is 0. The summed E-state index contributed by atoms with van der Waals surface area (Å²) in [5.41, 5.74) is 0.665. The second-order valence-corrected chi connectivity index (χ2v) is 5.37. The first kappa shape index (κ1) is 14.5. The minimum Gasteiger partial charge on any atom is -0.478 e. The second-order valence-electron chi connectivity index (χ2n) is 3.71. The van der Waals surface area contributed by atoms with Crippen LogP contribution < -0.4 is 0 Å². The standard InChI is InChI=1S/C13H6Cl4O2/c14-6-4-9(16)12(10(17)5-6)11-7(13(18)19)2-1-3-8(11)15/h1-5H,(H,18,19). The normalized spacial score (nSPS) is 10.5. The highest BCUT2D eigenvalue weighted by molar-refractivity contribution is 6.43. The zero-order valence-electron chi connectivity index (χ0n) is 9.25. The van der Waals surface area contributed by atoms with Gasteiger partial charge < -0.3 is 5.11 Å². The van der Waals surface area contributed by atoms with Crippen molar-refractivity contribution in [1.82, 2.24) is 0 Å². The van der Waals surface area contributed by atoms with Crippen LogP contribution in [0.25, 0.3) is 11.1 Å². The van der Waals surface area contributed by atoms with Crippen molar-refractivity contribution >= 4 is 52.4 Å². The molecular formula is C13H6Cl4O2. The number of aromatic carboxylic acids is 1. The Kier molecular flexibility index (Phi) is 4.26. The van der Waals surface area contributed by atoms with E-state index in [1.807, 2.05) is 0 Å². The van der Waals surface area contributed by atoms with Gasteiger partial charge in [0.1, 0.15) is 0 Å². The minimum atomic E-state index is -1.11. The highest BCUT2D eigenvalue weighted by Crippen LogP contribution is 2.42. The van der Waals surface area contributed by atoms with Crippen LogP contribution in [-0.2, 0) is 0 Å². The van der Waals surface area contributed by atoms with Gasteiger partial charge in [-0.2, -0.15) is 0 Å². The molecular weight excluding hydrogens is 330 g/mol. The summed E-state index contributed by atoms with van der Waals surface area (Å²) in [6.45, 7) is 0. The Labute approximate surface area is 129 Å². The van der Waals surface area contributed by atoms with Gasteiger partial charge in [-0.3, -0.25) is 0 Å². The van der Waals surface area contributed by atoms with Gasteiger partial charge in [0.25, 0.3) is 0 Å². The summed E-state index contributed by atoms with van der Waals surface area (Å²) in [4.78, 5) is 11.3. The molecule has 0 aliphatic rings. The van der Waals surface area contributed by atoms with Crippen molar-refractivity contribution in [3.05, 3.63) is 56.0 Å². The number of rotatable bonds is 2. The summed E-state index contributed by atoms with van der Waals surface area (Å²) >= 11 is 24.1. The van der Waals surface area contributed by atoms with Gasteiger partial charge in [0.2, 0.25) is 0 Å². The Morgan fingerprint density at radius 1 is 0.895 bits per heavy atom. The quantitative estimate of drug-likeness (QED) is 0.768. The number of benzene rings is 2. The number of carbonyl (C=O) groups is 1. The Morgan fingerprint density at radius 3 is 2.00 bits per heavy atom. The van der Waals surface area contributed by atoms with Crippen LogP contribution in [0, 0.1) is 0 Å². The molecule has 0 saturated carbocycles. The van der Waals surface area contributed by atoms with Crippen molar-refractivity contribution in [2.24, 2.45) is 0 Å². The lowest BCUT2D eigenvalue weighted by molar-refractivity contribution is 0.0698. The van der Waals surface area contributed by atoms with Gasteiger partial charge in [-0.05, 0) is 24.3 Å². The van der Waals surface area contributed by atoms with Crippen LogP contribution in [0.1, 0.15) is 10.4 Å². The lowest BCUT2D eigenvalue weighted by Gasteiger charge is -2.12. The molecule has 0 spiro atoms. The largest absolute Gasteiger partial charge is 0.478 e. The number of hydrogen-bond acceptors (Lipinski definition) is 1. The average Bonchev–Trinajstić information content (AvgIpc) is 2.29. The van der Waals surface area contributed by atoms with Gasteiger partial charge in [0.05, 0.1) is 15.6 Å². The first-order valence-corrected chi connectivity index (χ1v) is 6.59. The molecule has 2 aromatic rings. The van der Waals surface area contributed by atoms with Gasteiger partial charge in [0.15, 0.2) is 0 Å². The third-order valence-electron chi connectivity index (χ3n) is 2.50. The van der Waals surface area contributed by atoms with Crippen LogP contribution in [0.2, 0.25) is 20.1 Å². The first-order chi connectivity index (χ1) is 8.91. The zero-order valence-corrected chi connectivity index (χ0v) is 12.3. The smallest absolute Gasteiger partial charge is 0.336 e. The number of carboxylic acids is 1. The third-order valence-corrected chi connectivity index (χ3v) is 3.63. The molecule has 2 rings (SSSR count). The van der Waals surface area contributed by atoms with Crippen molar-refractivity contribution in [3.8, 4) is 11.1 Å². The van der Waals surface area contributed by atoms with Crippen molar-refractivity contribution in [3.63, 3.8) is 0 Å². The fourth-order valence-electron chi connectivity index (χ4n) is 1.74. The topological polar surface area (TPSA) is 37.3 Å². The minimum absolute atomic E-state index is 0.0265. The third kappa shape index (κ3) is 2.82. The summed E-state index contributed by atoms with van der Waals surface area (Å²) in [6.07, 6.45) is 0. The second kappa shape index (κ2) is 5.59. The molecule has 6 heteroatoms. The molecule has 0 aliphatic carbocycles. The lowest BCUT2D eigenvalue weighted by Crippen LogP contribution is -2.00. The van der Waals surface area contributed by atoms with Crippen LogP contribution in [-0.4, -0.2) is 11.1 Å².